The highest BCUT2D eigenvalue weighted by Gasteiger charge is 2.35. The Balaban J connectivity index is 2.97. The van der Waals surface area contributed by atoms with E-state index in [4.69, 9.17) is 11.6 Å². The van der Waals surface area contributed by atoms with Crippen molar-refractivity contribution in [3.63, 3.8) is 0 Å². The zero-order chi connectivity index (χ0) is 12.6. The monoisotopic (exact) mass is 306 g/mol. The number of pyridine rings is 1. The Hall–Kier alpha value is -0.320. The van der Waals surface area contributed by atoms with E-state index in [1.54, 1.807) is 26.1 Å². The summed E-state index contributed by atoms with van der Waals surface area (Å²) in [6.45, 7) is 7.28. The molecule has 0 saturated heterocycles. The summed E-state index contributed by atoms with van der Waals surface area (Å²) in [4.78, 5) is 4.18. The third-order valence-corrected chi connectivity index (χ3v) is 3.49. The van der Waals surface area contributed by atoms with Gasteiger partial charge >= 0.3 is 0 Å². The van der Waals surface area contributed by atoms with Gasteiger partial charge in [-0.3, -0.25) is 0 Å². The fourth-order valence-electron chi connectivity index (χ4n) is 0.956. The first-order chi connectivity index (χ1) is 7.13. The predicted molar refractivity (Wildman–Crippen MR) is 70.9 cm³/mol. The van der Waals surface area contributed by atoms with E-state index >= 15 is 0 Å². The molecule has 0 fully saturated rings. The first-order valence-electron chi connectivity index (χ1n) is 4.95. The second-order valence-corrected chi connectivity index (χ2v) is 6.12. The van der Waals surface area contributed by atoms with Crippen LogP contribution in [0.2, 0.25) is 5.02 Å². The van der Waals surface area contributed by atoms with E-state index in [-0.39, 0.29) is 0 Å². The van der Waals surface area contributed by atoms with Gasteiger partial charge in [-0.2, -0.15) is 0 Å². The minimum absolute atomic E-state index is 0.520. The third-order valence-electron chi connectivity index (χ3n) is 2.77. The zero-order valence-corrected chi connectivity index (χ0v) is 12.1. The molecule has 1 rings (SSSR count). The van der Waals surface area contributed by atoms with Gasteiger partial charge in [-0.05, 0) is 49.7 Å². The molecule has 0 bridgehead atoms. The van der Waals surface area contributed by atoms with E-state index in [0.29, 0.717) is 10.8 Å². The van der Waals surface area contributed by atoms with Crippen LogP contribution in [-0.4, -0.2) is 21.2 Å². The van der Waals surface area contributed by atoms with Crippen molar-refractivity contribution in [2.75, 3.05) is 5.32 Å². The van der Waals surface area contributed by atoms with Crippen molar-refractivity contribution in [2.45, 2.75) is 38.8 Å². The summed E-state index contributed by atoms with van der Waals surface area (Å²) in [5.41, 5.74) is -1.41. The number of halogens is 2. The van der Waals surface area contributed by atoms with Gasteiger partial charge < -0.3 is 10.4 Å². The van der Waals surface area contributed by atoms with E-state index in [9.17, 15) is 5.11 Å². The number of anilines is 1. The van der Waals surface area contributed by atoms with E-state index in [1.807, 2.05) is 13.8 Å². The summed E-state index contributed by atoms with van der Waals surface area (Å²) in [7, 11) is 0. The van der Waals surface area contributed by atoms with Crippen LogP contribution in [-0.2, 0) is 0 Å². The smallest absolute Gasteiger partial charge is 0.145 e. The average molecular weight is 308 g/mol. The minimum Gasteiger partial charge on any atom is -0.388 e. The van der Waals surface area contributed by atoms with Crippen molar-refractivity contribution < 1.29 is 5.11 Å². The zero-order valence-electron chi connectivity index (χ0n) is 9.81. The SMILES string of the molecule is CC(C)(O)C(C)(C)Nc1ncc(Br)cc1Cl. The standard InChI is InChI=1S/C11H16BrClN2O/c1-10(2,11(3,4)16)15-9-8(13)5-7(12)6-14-9/h5-6,16H,1-4H3,(H,14,15). The van der Waals surface area contributed by atoms with Crippen molar-refractivity contribution in [1.82, 2.24) is 4.98 Å². The number of hydrogen-bond acceptors (Lipinski definition) is 3. The Morgan fingerprint density at radius 2 is 1.94 bits per heavy atom. The number of aromatic nitrogens is 1. The molecule has 0 saturated carbocycles. The molecule has 0 unspecified atom stereocenters. The highest BCUT2D eigenvalue weighted by atomic mass is 79.9. The van der Waals surface area contributed by atoms with Gasteiger partial charge in [0.2, 0.25) is 0 Å². The van der Waals surface area contributed by atoms with Crippen LogP contribution in [0, 0.1) is 0 Å². The molecular formula is C11H16BrClN2O. The molecule has 0 spiro atoms. The lowest BCUT2D eigenvalue weighted by molar-refractivity contribution is 0.0239. The quantitative estimate of drug-likeness (QED) is 0.899. The molecular weight excluding hydrogens is 291 g/mol. The number of hydrogen-bond donors (Lipinski definition) is 2. The molecule has 1 heterocycles. The maximum absolute atomic E-state index is 10.0. The van der Waals surface area contributed by atoms with Gasteiger partial charge in [0.25, 0.3) is 0 Å². The average Bonchev–Trinajstić information content (AvgIpc) is 2.08. The van der Waals surface area contributed by atoms with Crippen LogP contribution < -0.4 is 5.32 Å². The van der Waals surface area contributed by atoms with Crippen LogP contribution in [0.4, 0.5) is 5.82 Å². The molecule has 0 aliphatic rings. The van der Waals surface area contributed by atoms with E-state index in [0.717, 1.165) is 4.47 Å². The van der Waals surface area contributed by atoms with Crippen LogP contribution in [0.15, 0.2) is 16.7 Å². The fraction of sp³-hybridized carbons (Fsp3) is 0.545. The van der Waals surface area contributed by atoms with Gasteiger partial charge in [-0.1, -0.05) is 11.6 Å². The molecule has 0 radical (unpaired) electrons. The normalized spacial score (nSPS) is 12.7. The third kappa shape index (κ3) is 3.09. The number of nitrogens with one attached hydrogen (secondary N) is 1. The molecule has 3 nitrogen and oxygen atoms in total. The second kappa shape index (κ2) is 4.51. The fourth-order valence-corrected chi connectivity index (χ4v) is 1.63. The summed E-state index contributed by atoms with van der Waals surface area (Å²) in [6.07, 6.45) is 1.66. The molecule has 0 aliphatic heterocycles. The van der Waals surface area contributed by atoms with Crippen LogP contribution in [0.3, 0.4) is 0 Å². The molecule has 0 aromatic carbocycles. The van der Waals surface area contributed by atoms with Crippen molar-refractivity contribution in [1.29, 1.82) is 0 Å². The van der Waals surface area contributed by atoms with Gasteiger partial charge in [0, 0.05) is 10.7 Å². The summed E-state index contributed by atoms with van der Waals surface area (Å²) >= 11 is 9.34. The lowest BCUT2D eigenvalue weighted by atomic mass is 9.86. The van der Waals surface area contributed by atoms with Crippen LogP contribution in [0.5, 0.6) is 0 Å². The largest absolute Gasteiger partial charge is 0.388 e. The first-order valence-corrected chi connectivity index (χ1v) is 6.12. The predicted octanol–water partition coefficient (Wildman–Crippen LogP) is 3.46. The van der Waals surface area contributed by atoms with Crippen molar-refractivity contribution in [2.24, 2.45) is 0 Å². The van der Waals surface area contributed by atoms with Gasteiger partial charge in [0.05, 0.1) is 16.2 Å². The Bertz CT molecular complexity index is 388. The second-order valence-electron chi connectivity index (χ2n) is 4.79. The lowest BCUT2D eigenvalue weighted by Gasteiger charge is -2.38. The molecule has 0 aliphatic carbocycles. The van der Waals surface area contributed by atoms with E-state index in [1.165, 1.54) is 0 Å². The topological polar surface area (TPSA) is 45.1 Å². The molecule has 0 amide bonds. The van der Waals surface area contributed by atoms with Crippen LogP contribution >= 0.6 is 27.5 Å². The van der Waals surface area contributed by atoms with Crippen molar-refractivity contribution in [3.05, 3.63) is 21.8 Å². The molecule has 5 heteroatoms. The Morgan fingerprint density at radius 3 is 2.38 bits per heavy atom. The minimum atomic E-state index is -0.884. The lowest BCUT2D eigenvalue weighted by Crippen LogP contribution is -2.51. The highest BCUT2D eigenvalue weighted by molar-refractivity contribution is 9.10. The summed E-state index contributed by atoms with van der Waals surface area (Å²) < 4.78 is 0.823. The van der Waals surface area contributed by atoms with Gasteiger partial charge in [-0.25, -0.2) is 4.98 Å². The Labute approximate surface area is 109 Å². The van der Waals surface area contributed by atoms with E-state index in [2.05, 4.69) is 26.2 Å². The number of rotatable bonds is 3. The van der Waals surface area contributed by atoms with Crippen LogP contribution in [0.25, 0.3) is 0 Å². The summed E-state index contributed by atoms with van der Waals surface area (Å²) in [5.74, 6) is 0.567. The number of aliphatic hydroxyl groups is 1. The maximum atomic E-state index is 10.0. The summed E-state index contributed by atoms with van der Waals surface area (Å²) in [5, 5.41) is 13.7. The molecule has 0 atom stereocenters. The van der Waals surface area contributed by atoms with Crippen molar-refractivity contribution in [3.8, 4) is 0 Å². The van der Waals surface area contributed by atoms with E-state index < -0.39 is 11.1 Å². The number of nitrogens with zero attached hydrogens (tertiary/aromatic N) is 1. The van der Waals surface area contributed by atoms with Crippen LogP contribution in [0.1, 0.15) is 27.7 Å². The molecule has 90 valence electrons. The molecule has 2 N–H and O–H groups in total. The first kappa shape index (κ1) is 13.7. The molecule has 16 heavy (non-hydrogen) atoms. The van der Waals surface area contributed by atoms with Gasteiger partial charge in [0.15, 0.2) is 0 Å². The Kier molecular flexibility index (Phi) is 3.87. The molecule has 1 aromatic heterocycles. The van der Waals surface area contributed by atoms with Gasteiger partial charge in [0.1, 0.15) is 5.82 Å². The molecule has 1 aromatic rings. The summed E-state index contributed by atoms with van der Waals surface area (Å²) in [6, 6.07) is 1.76. The maximum Gasteiger partial charge on any atom is 0.145 e. The Morgan fingerprint density at radius 1 is 1.38 bits per heavy atom. The van der Waals surface area contributed by atoms with Gasteiger partial charge in [-0.15, -0.1) is 0 Å². The highest BCUT2D eigenvalue weighted by Crippen LogP contribution is 2.29. The van der Waals surface area contributed by atoms with Crippen molar-refractivity contribution >= 4 is 33.3 Å².